The molecule has 2 heterocycles. The lowest BCUT2D eigenvalue weighted by molar-refractivity contribution is -0.129. The van der Waals surface area contributed by atoms with Crippen LogP contribution in [0, 0.1) is 5.92 Å². The maximum Gasteiger partial charge on any atom is 0.323 e. The molecule has 2 unspecified atom stereocenters. The number of carbonyl (C=O) groups is 2. The number of hydrogen-bond acceptors (Lipinski definition) is 4. The average Bonchev–Trinajstić information content (AvgIpc) is 3.30. The van der Waals surface area contributed by atoms with Crippen molar-refractivity contribution in [3.63, 3.8) is 0 Å². The lowest BCUT2D eigenvalue weighted by atomic mass is 9.92. The molecule has 1 aliphatic rings. The van der Waals surface area contributed by atoms with Crippen LogP contribution in [0.3, 0.4) is 0 Å². The second-order valence-electron chi connectivity index (χ2n) is 7.80. The number of likely N-dealkylation sites (tertiary alicyclic amines) is 1. The molecule has 1 aliphatic heterocycles. The average molecular weight is 422 g/mol. The molecular weight excluding hydrogens is 396 g/mol. The van der Waals surface area contributed by atoms with Crippen LogP contribution in [-0.2, 0) is 9.59 Å². The van der Waals surface area contributed by atoms with E-state index in [1.54, 1.807) is 25.3 Å². The number of unbranched alkanes of at least 4 members (excludes halogenated alkanes) is 1. The Balaban J connectivity index is 1.61. The summed E-state index contributed by atoms with van der Waals surface area (Å²) >= 11 is 0. The van der Waals surface area contributed by atoms with E-state index in [-0.39, 0.29) is 30.0 Å². The highest BCUT2D eigenvalue weighted by Crippen LogP contribution is 2.39. The summed E-state index contributed by atoms with van der Waals surface area (Å²) in [5.41, 5.74) is 2.46. The molecule has 8 nitrogen and oxygen atoms in total. The van der Waals surface area contributed by atoms with Crippen LogP contribution < -0.4 is 15.7 Å². The van der Waals surface area contributed by atoms with Gasteiger partial charge in [-0.25, -0.2) is 4.79 Å². The molecule has 0 bridgehead atoms. The number of carbonyl (C=O) groups excluding carboxylic acids is 2. The molecule has 4 rings (SSSR count). The Morgan fingerprint density at radius 1 is 1.13 bits per heavy atom. The van der Waals surface area contributed by atoms with E-state index >= 15 is 0 Å². The number of nitrogens with zero attached hydrogens (tertiary/aromatic N) is 1. The molecule has 2 amide bonds. The zero-order valence-electron chi connectivity index (χ0n) is 17.6. The summed E-state index contributed by atoms with van der Waals surface area (Å²) in [6.45, 7) is 2.70. The van der Waals surface area contributed by atoms with Crippen LogP contribution in [0.25, 0.3) is 11.0 Å². The second-order valence-corrected chi connectivity index (χ2v) is 7.80. The first-order valence-electron chi connectivity index (χ1n) is 10.5. The Labute approximate surface area is 179 Å². The third kappa shape index (κ3) is 4.19. The molecule has 0 spiro atoms. The van der Waals surface area contributed by atoms with E-state index in [2.05, 4.69) is 22.2 Å². The first-order chi connectivity index (χ1) is 15.0. The van der Waals surface area contributed by atoms with E-state index in [1.165, 1.54) is 0 Å². The molecule has 1 aromatic heterocycles. The fourth-order valence-corrected chi connectivity index (χ4v) is 4.18. The number of nitrogens with one attached hydrogen (secondary N) is 3. The molecule has 1 fully saturated rings. The van der Waals surface area contributed by atoms with Gasteiger partial charge in [0.25, 0.3) is 0 Å². The van der Waals surface area contributed by atoms with Crippen LogP contribution in [0.4, 0.5) is 5.69 Å². The first kappa shape index (κ1) is 20.7. The number of hydrogen-bond donors (Lipinski definition) is 3. The second kappa shape index (κ2) is 8.67. The predicted molar refractivity (Wildman–Crippen MR) is 118 cm³/mol. The minimum Gasteiger partial charge on any atom is -0.497 e. The van der Waals surface area contributed by atoms with Gasteiger partial charge in [0.2, 0.25) is 11.8 Å². The normalized spacial score (nSPS) is 18.5. The number of amides is 2. The van der Waals surface area contributed by atoms with Crippen LogP contribution in [-0.4, -0.2) is 40.3 Å². The molecule has 3 N–H and O–H groups in total. The Morgan fingerprint density at radius 2 is 1.87 bits per heavy atom. The molecular formula is C23H26N4O4. The monoisotopic (exact) mass is 422 g/mol. The first-order valence-corrected chi connectivity index (χ1v) is 10.5. The molecule has 2 aromatic carbocycles. The van der Waals surface area contributed by atoms with Crippen LogP contribution in [0.2, 0.25) is 0 Å². The maximum absolute atomic E-state index is 13.2. The Morgan fingerprint density at radius 3 is 2.58 bits per heavy atom. The number of rotatable bonds is 7. The summed E-state index contributed by atoms with van der Waals surface area (Å²) in [6, 6.07) is 12.4. The molecule has 0 radical (unpaired) electrons. The number of benzene rings is 2. The number of aromatic amines is 2. The van der Waals surface area contributed by atoms with E-state index in [4.69, 9.17) is 4.74 Å². The summed E-state index contributed by atoms with van der Waals surface area (Å²) in [6.07, 6.45) is 2.00. The van der Waals surface area contributed by atoms with Gasteiger partial charge >= 0.3 is 5.69 Å². The standard InChI is InChI=1S/C23H26N4O4/c1-3-4-11-27-20(28)13-17(21(27)14-5-8-16(31-2)9-6-14)22(29)24-15-7-10-18-19(12-15)26-23(30)25-18/h5-10,12,17,21H,3-4,11,13H2,1-2H3,(H,24,29)(H2,25,26,30). The molecule has 1 saturated heterocycles. The highest BCUT2D eigenvalue weighted by Gasteiger charge is 2.44. The van der Waals surface area contributed by atoms with Gasteiger partial charge < -0.3 is 24.9 Å². The van der Waals surface area contributed by atoms with Gasteiger partial charge in [0.1, 0.15) is 5.75 Å². The van der Waals surface area contributed by atoms with Gasteiger partial charge in [0.05, 0.1) is 30.1 Å². The zero-order valence-corrected chi connectivity index (χ0v) is 17.6. The summed E-state index contributed by atoms with van der Waals surface area (Å²) < 4.78 is 5.25. The molecule has 0 saturated carbocycles. The summed E-state index contributed by atoms with van der Waals surface area (Å²) in [7, 11) is 1.60. The van der Waals surface area contributed by atoms with Gasteiger partial charge in [-0.15, -0.1) is 0 Å². The summed E-state index contributed by atoms with van der Waals surface area (Å²) in [5, 5.41) is 2.93. The number of methoxy groups -OCH3 is 1. The minimum absolute atomic E-state index is 0.0140. The third-order valence-corrected chi connectivity index (χ3v) is 5.76. The topological polar surface area (TPSA) is 107 Å². The number of ether oxygens (including phenoxy) is 1. The van der Waals surface area contributed by atoms with E-state index < -0.39 is 5.92 Å². The fourth-order valence-electron chi connectivity index (χ4n) is 4.18. The van der Waals surface area contributed by atoms with Gasteiger partial charge in [0.15, 0.2) is 0 Å². The lowest BCUT2D eigenvalue weighted by Gasteiger charge is -2.28. The third-order valence-electron chi connectivity index (χ3n) is 5.76. The molecule has 3 aromatic rings. The maximum atomic E-state index is 13.2. The molecule has 2 atom stereocenters. The van der Waals surface area contributed by atoms with Crippen molar-refractivity contribution in [3.05, 3.63) is 58.5 Å². The highest BCUT2D eigenvalue weighted by molar-refractivity contribution is 5.99. The van der Waals surface area contributed by atoms with Crippen LogP contribution in [0.15, 0.2) is 47.3 Å². The van der Waals surface area contributed by atoms with E-state index in [0.29, 0.717) is 23.3 Å². The molecule has 31 heavy (non-hydrogen) atoms. The number of fused-ring (bicyclic) bond motifs is 1. The Hall–Kier alpha value is -3.55. The molecule has 8 heteroatoms. The molecule has 162 valence electrons. The smallest absolute Gasteiger partial charge is 0.323 e. The zero-order chi connectivity index (χ0) is 22.0. The number of imidazole rings is 1. The number of H-pyrrole nitrogens is 2. The highest BCUT2D eigenvalue weighted by atomic mass is 16.5. The molecule has 0 aliphatic carbocycles. The van der Waals surface area contributed by atoms with Crippen molar-refractivity contribution < 1.29 is 14.3 Å². The fraction of sp³-hybridized carbons (Fsp3) is 0.348. The van der Waals surface area contributed by atoms with Gasteiger partial charge in [-0.05, 0) is 42.3 Å². The van der Waals surface area contributed by atoms with Crippen molar-refractivity contribution in [1.29, 1.82) is 0 Å². The van der Waals surface area contributed by atoms with Gasteiger partial charge in [-0.1, -0.05) is 25.5 Å². The van der Waals surface area contributed by atoms with Gasteiger partial charge in [-0.2, -0.15) is 0 Å². The van der Waals surface area contributed by atoms with Crippen molar-refractivity contribution >= 4 is 28.5 Å². The van der Waals surface area contributed by atoms with Crippen molar-refractivity contribution in [1.82, 2.24) is 14.9 Å². The van der Waals surface area contributed by atoms with Crippen molar-refractivity contribution in [2.45, 2.75) is 32.2 Å². The Bertz CT molecular complexity index is 1150. The summed E-state index contributed by atoms with van der Waals surface area (Å²) in [5.74, 6) is -0.0214. The van der Waals surface area contributed by atoms with E-state index in [0.717, 1.165) is 24.2 Å². The largest absolute Gasteiger partial charge is 0.497 e. The Kier molecular flexibility index (Phi) is 5.79. The predicted octanol–water partition coefficient (Wildman–Crippen LogP) is 3.19. The quantitative estimate of drug-likeness (QED) is 0.543. The van der Waals surface area contributed by atoms with Crippen molar-refractivity contribution in [2.24, 2.45) is 5.92 Å². The van der Waals surface area contributed by atoms with Crippen LogP contribution >= 0.6 is 0 Å². The van der Waals surface area contributed by atoms with Crippen LogP contribution in [0.5, 0.6) is 5.75 Å². The lowest BCUT2D eigenvalue weighted by Crippen LogP contribution is -2.33. The van der Waals surface area contributed by atoms with Crippen molar-refractivity contribution in [2.75, 3.05) is 19.0 Å². The van der Waals surface area contributed by atoms with Gasteiger partial charge in [-0.3, -0.25) is 9.59 Å². The van der Waals surface area contributed by atoms with Crippen LogP contribution in [0.1, 0.15) is 37.8 Å². The van der Waals surface area contributed by atoms with Gasteiger partial charge in [0, 0.05) is 18.7 Å². The number of anilines is 1. The minimum atomic E-state index is -0.515. The number of aromatic nitrogens is 2. The SMILES string of the molecule is CCCCN1C(=O)CC(C(=O)Nc2ccc3[nH]c(=O)[nH]c3c2)C1c1ccc(OC)cc1. The van der Waals surface area contributed by atoms with E-state index in [9.17, 15) is 14.4 Å². The summed E-state index contributed by atoms with van der Waals surface area (Å²) in [4.78, 5) is 44.7. The van der Waals surface area contributed by atoms with Crippen molar-refractivity contribution in [3.8, 4) is 5.75 Å². The van der Waals surface area contributed by atoms with E-state index in [1.807, 2.05) is 29.2 Å².